The lowest BCUT2D eigenvalue weighted by Gasteiger charge is -2.60. The van der Waals surface area contributed by atoms with Crippen LogP contribution in [-0.4, -0.2) is 55.9 Å². The van der Waals surface area contributed by atoms with Gasteiger partial charge in [-0.2, -0.15) is 0 Å². The number of thioether (sulfide) groups is 2. The Morgan fingerprint density at radius 3 is 2.84 bits per heavy atom. The number of carbonyl (C=O) groups is 2. The fraction of sp³-hybridized carbons (Fsp3) is 0.792. The van der Waals surface area contributed by atoms with E-state index in [9.17, 15) is 19.8 Å². The van der Waals surface area contributed by atoms with Crippen molar-refractivity contribution in [3.8, 4) is 0 Å². The zero-order chi connectivity index (χ0) is 22.0. The van der Waals surface area contributed by atoms with E-state index in [0.29, 0.717) is 19.3 Å². The van der Waals surface area contributed by atoms with Gasteiger partial charge in [-0.25, -0.2) is 0 Å². The average Bonchev–Trinajstić information content (AvgIpc) is 3.33. The molecule has 5 aliphatic rings. The second-order valence-electron chi connectivity index (χ2n) is 10.7. The van der Waals surface area contributed by atoms with E-state index in [2.05, 4.69) is 11.9 Å². The first-order valence-corrected chi connectivity index (χ1v) is 13.6. The average molecular weight is 464 g/mol. The Bertz CT molecular complexity index is 872. The van der Waals surface area contributed by atoms with E-state index in [1.807, 2.05) is 13.0 Å². The van der Waals surface area contributed by atoms with Gasteiger partial charge in [0.15, 0.2) is 11.6 Å². The summed E-state index contributed by atoms with van der Waals surface area (Å²) in [5.41, 5.74) is -0.906. The molecule has 2 N–H and O–H groups in total. The van der Waals surface area contributed by atoms with E-state index in [1.165, 1.54) is 17.3 Å². The molecule has 0 amide bonds. The first kappa shape index (κ1) is 22.2. The Morgan fingerprint density at radius 2 is 2.10 bits per heavy atom. The number of aliphatic imine (C=N–C) groups is 1. The van der Waals surface area contributed by atoms with Crippen LogP contribution in [0.4, 0.5) is 0 Å². The lowest BCUT2D eigenvalue weighted by Crippen LogP contribution is -2.62. The largest absolute Gasteiger partial charge is 0.393 e. The summed E-state index contributed by atoms with van der Waals surface area (Å²) in [5, 5.41) is 23.2. The van der Waals surface area contributed by atoms with Crippen LogP contribution in [0.25, 0.3) is 0 Å². The van der Waals surface area contributed by atoms with E-state index in [1.54, 1.807) is 11.8 Å². The minimum Gasteiger partial charge on any atom is -0.393 e. The molecule has 5 nitrogen and oxygen atoms in total. The van der Waals surface area contributed by atoms with Crippen molar-refractivity contribution in [3.63, 3.8) is 0 Å². The molecule has 0 radical (unpaired) electrons. The van der Waals surface area contributed by atoms with Crippen LogP contribution >= 0.6 is 23.5 Å². The van der Waals surface area contributed by atoms with Crippen LogP contribution < -0.4 is 0 Å². The van der Waals surface area contributed by atoms with Crippen LogP contribution in [0, 0.1) is 28.6 Å². The Balaban J connectivity index is 1.41. The molecule has 5 unspecified atom stereocenters. The summed E-state index contributed by atoms with van der Waals surface area (Å²) in [4.78, 5) is 29.8. The third-order valence-corrected chi connectivity index (χ3v) is 11.6. The molecule has 0 saturated heterocycles. The number of fused-ring (bicyclic) bond motifs is 5. The third-order valence-electron chi connectivity index (χ3n) is 9.39. The van der Waals surface area contributed by atoms with Crippen LogP contribution in [0.3, 0.4) is 0 Å². The van der Waals surface area contributed by atoms with Gasteiger partial charge in [0.05, 0.1) is 18.4 Å². The highest BCUT2D eigenvalue weighted by Crippen LogP contribution is 2.67. The molecule has 5 rings (SSSR count). The summed E-state index contributed by atoms with van der Waals surface area (Å²) < 4.78 is 0.951. The molecule has 0 aromatic rings. The van der Waals surface area contributed by atoms with Crippen LogP contribution in [-0.2, 0) is 9.59 Å². The molecule has 3 saturated carbocycles. The maximum absolute atomic E-state index is 13.3. The molecule has 3 fully saturated rings. The van der Waals surface area contributed by atoms with Crippen molar-refractivity contribution < 1.29 is 19.8 Å². The first-order valence-electron chi connectivity index (χ1n) is 11.7. The number of aliphatic hydroxyl groups excluding tert-OH is 1. The Kier molecular flexibility index (Phi) is 5.52. The molecule has 170 valence electrons. The molecule has 0 aromatic heterocycles. The molecule has 0 spiro atoms. The van der Waals surface area contributed by atoms with Crippen LogP contribution in [0.15, 0.2) is 16.6 Å². The number of hydrogen-bond acceptors (Lipinski definition) is 7. The van der Waals surface area contributed by atoms with Crippen LogP contribution in [0.5, 0.6) is 0 Å². The van der Waals surface area contributed by atoms with Gasteiger partial charge in [-0.3, -0.25) is 14.6 Å². The van der Waals surface area contributed by atoms with Gasteiger partial charge < -0.3 is 10.2 Å². The summed E-state index contributed by atoms with van der Waals surface area (Å²) >= 11 is 3.14. The summed E-state index contributed by atoms with van der Waals surface area (Å²) in [7, 11) is 0. The fourth-order valence-electron chi connectivity index (χ4n) is 7.80. The molecule has 31 heavy (non-hydrogen) atoms. The van der Waals surface area contributed by atoms with Crippen molar-refractivity contribution in [1.82, 2.24) is 0 Å². The number of nitrogens with zero attached hydrogens (tertiary/aromatic N) is 1. The standard InChI is InChI=1S/C24H33NO4S2/c1-22-7-5-15(26)11-14(22)3-4-16-17-6-8-24(29,23(17,2)12-18(27)20(16)22)19(28)13-31-21-25-9-10-30-21/h11,16-18,20,27,29H,3-10,12-13H2,1-2H3/t16?,17?,18-,20?,22?,23?,24-/m0/s1. The number of carbonyl (C=O) groups excluding carboxylic acids is 2. The molecular weight excluding hydrogens is 430 g/mol. The predicted octanol–water partition coefficient (Wildman–Crippen LogP) is 3.63. The van der Waals surface area contributed by atoms with Gasteiger partial charge in [-0.05, 0) is 67.8 Å². The van der Waals surface area contributed by atoms with Crippen LogP contribution in [0.1, 0.15) is 58.8 Å². The summed E-state index contributed by atoms with van der Waals surface area (Å²) in [6, 6.07) is 0. The third kappa shape index (κ3) is 3.24. The maximum Gasteiger partial charge on any atom is 0.175 e. The zero-order valence-electron chi connectivity index (χ0n) is 18.4. The topological polar surface area (TPSA) is 87.0 Å². The van der Waals surface area contributed by atoms with Crippen molar-refractivity contribution >= 4 is 39.5 Å². The number of rotatable bonds is 3. The van der Waals surface area contributed by atoms with Gasteiger partial charge in [0.1, 0.15) is 9.98 Å². The first-order chi connectivity index (χ1) is 14.7. The van der Waals surface area contributed by atoms with Gasteiger partial charge in [0, 0.05) is 17.6 Å². The lowest BCUT2D eigenvalue weighted by molar-refractivity contribution is -0.178. The second-order valence-corrected chi connectivity index (χ2v) is 13.0. The van der Waals surface area contributed by atoms with E-state index in [-0.39, 0.29) is 40.5 Å². The Labute approximate surface area is 192 Å². The number of allylic oxidation sites excluding steroid dienone is 1. The zero-order valence-corrected chi connectivity index (χ0v) is 20.1. The summed E-state index contributed by atoms with van der Waals surface area (Å²) in [6.45, 7) is 5.09. The summed E-state index contributed by atoms with van der Waals surface area (Å²) in [6.07, 6.45) is 6.24. The molecule has 1 heterocycles. The van der Waals surface area contributed by atoms with Crippen molar-refractivity contribution in [1.29, 1.82) is 0 Å². The number of hydrogen-bond donors (Lipinski definition) is 2. The van der Waals surface area contributed by atoms with Gasteiger partial charge in [-0.15, -0.1) is 0 Å². The quantitative estimate of drug-likeness (QED) is 0.665. The number of Topliss-reactive ketones (excluding diaryl/α,β-unsaturated/α-hetero) is 1. The monoisotopic (exact) mass is 463 g/mol. The molecule has 7 heteroatoms. The van der Waals surface area contributed by atoms with Crippen molar-refractivity contribution in [2.45, 2.75) is 70.5 Å². The van der Waals surface area contributed by atoms with E-state index >= 15 is 0 Å². The lowest BCUT2D eigenvalue weighted by atomic mass is 9.45. The van der Waals surface area contributed by atoms with E-state index < -0.39 is 17.1 Å². The molecule has 0 bridgehead atoms. The summed E-state index contributed by atoms with van der Waals surface area (Å²) in [5.74, 6) is 1.95. The van der Waals surface area contributed by atoms with Crippen molar-refractivity contribution in [3.05, 3.63) is 11.6 Å². The smallest absolute Gasteiger partial charge is 0.175 e. The maximum atomic E-state index is 13.3. The Hall–Kier alpha value is -0.630. The molecule has 0 aromatic carbocycles. The van der Waals surface area contributed by atoms with E-state index in [0.717, 1.165) is 42.4 Å². The van der Waals surface area contributed by atoms with Crippen LogP contribution in [0.2, 0.25) is 0 Å². The van der Waals surface area contributed by atoms with Gasteiger partial charge in [0.25, 0.3) is 0 Å². The Morgan fingerprint density at radius 1 is 1.29 bits per heavy atom. The van der Waals surface area contributed by atoms with E-state index in [4.69, 9.17) is 0 Å². The highest BCUT2D eigenvalue weighted by Gasteiger charge is 2.68. The number of ketones is 2. The SMILES string of the molecule is CC12CCC(=O)C=C1CCC1C2[C@@H](O)CC2(C)C1CC[C@]2(O)C(=O)CSC1=NCCS1. The van der Waals surface area contributed by atoms with Gasteiger partial charge >= 0.3 is 0 Å². The van der Waals surface area contributed by atoms with Crippen molar-refractivity contribution in [2.75, 3.05) is 18.1 Å². The number of aliphatic hydroxyl groups is 2. The highest BCUT2D eigenvalue weighted by atomic mass is 32.2. The molecular formula is C24H33NO4S2. The second kappa shape index (κ2) is 7.71. The molecule has 4 aliphatic carbocycles. The minimum atomic E-state index is -1.38. The molecule has 1 aliphatic heterocycles. The normalized spacial score (nSPS) is 46.6. The van der Waals surface area contributed by atoms with Gasteiger partial charge in [0.2, 0.25) is 0 Å². The fourth-order valence-corrected chi connectivity index (χ4v) is 9.78. The molecule has 7 atom stereocenters. The van der Waals surface area contributed by atoms with Gasteiger partial charge in [-0.1, -0.05) is 42.9 Å². The minimum absolute atomic E-state index is 0.103. The predicted molar refractivity (Wildman–Crippen MR) is 125 cm³/mol. The van der Waals surface area contributed by atoms with Crippen molar-refractivity contribution in [2.24, 2.45) is 33.6 Å². The highest BCUT2D eigenvalue weighted by molar-refractivity contribution is 8.39.